The Morgan fingerprint density at radius 3 is 2.41 bits per heavy atom. The molecule has 2 bridgehead atoms. The lowest BCUT2D eigenvalue weighted by atomic mass is 9.80. The molecule has 5 fully saturated rings. The zero-order valence-corrected chi connectivity index (χ0v) is 36.3. The fourth-order valence-corrected chi connectivity index (χ4v) is 10.9. The minimum atomic E-state index is -0.379. The molecular weight excluding hydrogens is 815 g/mol. The number of para-hydroxylation sites is 2. The molecule has 6 aliphatic rings. The minimum absolute atomic E-state index is 0.00469. The van der Waals surface area contributed by atoms with Crippen LogP contribution in [-0.2, 0) is 14.3 Å². The molecule has 16 heteroatoms. The van der Waals surface area contributed by atoms with Crippen LogP contribution in [0.4, 0.5) is 27.7 Å². The lowest BCUT2D eigenvalue weighted by Gasteiger charge is -2.51. The van der Waals surface area contributed by atoms with Crippen LogP contribution >= 0.6 is 0 Å². The number of piperazine rings is 1. The number of likely N-dealkylation sites (tertiary alicyclic amines) is 1. The highest BCUT2D eigenvalue weighted by Crippen LogP contribution is 2.45. The van der Waals surface area contributed by atoms with E-state index < -0.39 is 0 Å². The molecule has 4 N–H and O–H groups in total. The number of anilines is 4. The highest BCUT2D eigenvalue weighted by Gasteiger charge is 2.40. The fraction of sp³-hybridized carbons (Fsp3) is 0.479. The van der Waals surface area contributed by atoms with Crippen molar-refractivity contribution in [3.05, 3.63) is 78.4 Å². The van der Waals surface area contributed by atoms with Crippen LogP contribution in [0.2, 0.25) is 0 Å². The summed E-state index contributed by atoms with van der Waals surface area (Å²) in [5, 5.41) is 21.5. The first-order valence-corrected chi connectivity index (χ1v) is 22.9. The van der Waals surface area contributed by atoms with Crippen molar-refractivity contribution in [3.63, 3.8) is 0 Å². The summed E-state index contributed by atoms with van der Waals surface area (Å²) in [6.45, 7) is 4.87. The van der Waals surface area contributed by atoms with E-state index in [4.69, 9.17) is 19.9 Å². The van der Waals surface area contributed by atoms with Gasteiger partial charge >= 0.3 is 6.03 Å². The van der Waals surface area contributed by atoms with E-state index in [9.17, 15) is 19.5 Å². The first kappa shape index (κ1) is 41.7. The van der Waals surface area contributed by atoms with E-state index in [1.54, 1.807) is 12.1 Å². The average molecular weight is 872 g/mol. The van der Waals surface area contributed by atoms with E-state index in [1.165, 1.54) is 5.56 Å². The molecule has 4 amide bonds. The van der Waals surface area contributed by atoms with E-state index in [1.807, 2.05) is 53.2 Å². The fourth-order valence-electron chi connectivity index (χ4n) is 10.9. The SMILES string of the molecule is CN(C(=O)N1CCC(Oc2cccc(N3C4COC[C@@H]3CN(c3cc(-c5ccccc5O)nnc3N)C4)c2)CC1)[C@H]1CC[C@H](c2cccc3c2OCCN3[C@@H]2CCC(=O)NC2=O)CC1. The van der Waals surface area contributed by atoms with Crippen LogP contribution in [-0.4, -0.2) is 133 Å². The molecule has 6 heterocycles. The van der Waals surface area contributed by atoms with Crippen molar-refractivity contribution in [2.75, 3.05) is 80.0 Å². The van der Waals surface area contributed by atoms with Gasteiger partial charge in [0.1, 0.15) is 36.0 Å². The smallest absolute Gasteiger partial charge is 0.319 e. The third-order valence-corrected chi connectivity index (χ3v) is 14.2. The van der Waals surface area contributed by atoms with E-state index in [2.05, 4.69) is 54.5 Å². The number of nitrogens with two attached hydrogens (primary N) is 1. The zero-order valence-electron chi connectivity index (χ0n) is 36.3. The number of benzene rings is 3. The van der Waals surface area contributed by atoms with Gasteiger partial charge in [-0.05, 0) is 80.0 Å². The van der Waals surface area contributed by atoms with Gasteiger partial charge in [-0.1, -0.05) is 30.3 Å². The highest BCUT2D eigenvalue weighted by molar-refractivity contribution is 6.02. The summed E-state index contributed by atoms with van der Waals surface area (Å²) in [7, 11) is 1.95. The maximum atomic E-state index is 13.9. The Balaban J connectivity index is 0.722. The van der Waals surface area contributed by atoms with E-state index in [0.717, 1.165) is 67.1 Å². The van der Waals surface area contributed by atoms with Crippen molar-refractivity contribution in [3.8, 4) is 28.5 Å². The van der Waals surface area contributed by atoms with Gasteiger partial charge in [0.15, 0.2) is 5.82 Å². The molecule has 336 valence electrons. The number of nitrogens with zero attached hydrogens (tertiary/aromatic N) is 7. The largest absolute Gasteiger partial charge is 0.507 e. The second-order valence-corrected chi connectivity index (χ2v) is 18.1. The molecule has 1 unspecified atom stereocenters. The standard InChI is InChI=1S/C48H57N9O7/c1-53(31-14-12-30(13-15-31)37-9-5-10-40-45(37)63-23-22-56(40)41-16-17-44(59)50-47(41)60)48(61)54-20-18-35(19-21-54)64-36-7-4-6-32(24-36)57-33-26-55(27-34(57)29-62-28-33)42-25-39(51-52-46(42)49)38-8-2-3-11-43(38)58/h2-11,24-25,30-31,33-35,41,58H,12-23,26-29H2,1H3,(H2,49,52)(H,50,59,60)/t30-,31-,33-,34?,41+/m0/s1. The summed E-state index contributed by atoms with van der Waals surface area (Å²) in [4.78, 5) is 49.2. The zero-order chi connectivity index (χ0) is 43.9. The first-order chi connectivity index (χ1) is 31.2. The molecule has 1 saturated carbocycles. The Hall–Kier alpha value is -6.29. The quantitative estimate of drug-likeness (QED) is 0.198. The number of piperidine rings is 2. The highest BCUT2D eigenvalue weighted by atomic mass is 16.5. The number of hydrogen-bond donors (Lipinski definition) is 3. The molecule has 10 rings (SSSR count). The number of nitrogen functional groups attached to an aromatic ring is 1. The molecule has 4 aromatic rings. The molecule has 3 aromatic carbocycles. The summed E-state index contributed by atoms with van der Waals surface area (Å²) in [5.41, 5.74) is 11.5. The number of aromatic hydroxyl groups is 1. The summed E-state index contributed by atoms with van der Waals surface area (Å²) < 4.78 is 18.9. The van der Waals surface area contributed by atoms with Crippen molar-refractivity contribution in [1.29, 1.82) is 0 Å². The molecule has 16 nitrogen and oxygen atoms in total. The van der Waals surface area contributed by atoms with Crippen molar-refractivity contribution in [1.82, 2.24) is 25.3 Å². The Morgan fingerprint density at radius 2 is 1.64 bits per heavy atom. The van der Waals surface area contributed by atoms with Gasteiger partial charge in [0.05, 0.1) is 48.9 Å². The van der Waals surface area contributed by atoms with Crippen LogP contribution in [0.5, 0.6) is 17.2 Å². The van der Waals surface area contributed by atoms with Crippen LogP contribution in [0.3, 0.4) is 0 Å². The third kappa shape index (κ3) is 8.19. The number of carbonyl (C=O) groups is 3. The summed E-state index contributed by atoms with van der Waals surface area (Å²) in [5.74, 6) is 2.02. The number of amides is 4. The van der Waals surface area contributed by atoms with Crippen molar-refractivity contribution in [2.45, 2.75) is 87.6 Å². The monoisotopic (exact) mass is 871 g/mol. The number of urea groups is 1. The van der Waals surface area contributed by atoms with Crippen LogP contribution in [0, 0.1) is 0 Å². The number of phenols is 1. The van der Waals surface area contributed by atoms with E-state index in [0.29, 0.717) is 88.4 Å². The van der Waals surface area contributed by atoms with E-state index in [-0.39, 0.29) is 53.9 Å². The number of nitrogens with one attached hydrogen (secondary N) is 1. The Morgan fingerprint density at radius 1 is 0.875 bits per heavy atom. The molecule has 1 aromatic heterocycles. The predicted octanol–water partition coefficient (Wildman–Crippen LogP) is 5.15. The van der Waals surface area contributed by atoms with Gasteiger partial charge in [-0.15, -0.1) is 10.2 Å². The Kier molecular flexibility index (Phi) is 11.5. The van der Waals surface area contributed by atoms with Gasteiger partial charge in [0.25, 0.3) is 0 Å². The molecular formula is C48H57N9O7. The minimum Gasteiger partial charge on any atom is -0.507 e. The molecule has 0 spiro atoms. The summed E-state index contributed by atoms with van der Waals surface area (Å²) in [6, 6.07) is 23.6. The van der Waals surface area contributed by atoms with Crippen LogP contribution in [0.1, 0.15) is 62.8 Å². The van der Waals surface area contributed by atoms with Gasteiger partial charge in [0, 0.05) is 75.8 Å². The van der Waals surface area contributed by atoms with Gasteiger partial charge < -0.3 is 49.6 Å². The Bertz CT molecular complexity index is 2370. The number of morpholine rings is 1. The number of aromatic nitrogens is 2. The number of carbonyl (C=O) groups excluding carboxylic acids is 3. The second kappa shape index (κ2) is 17.7. The number of imide groups is 1. The maximum Gasteiger partial charge on any atom is 0.319 e. The first-order valence-electron chi connectivity index (χ1n) is 22.9. The average Bonchev–Trinajstić information content (AvgIpc) is 3.31. The van der Waals surface area contributed by atoms with Crippen LogP contribution in [0.25, 0.3) is 11.3 Å². The van der Waals surface area contributed by atoms with Crippen LogP contribution < -0.4 is 35.2 Å². The predicted molar refractivity (Wildman–Crippen MR) is 242 cm³/mol. The maximum absolute atomic E-state index is 13.9. The van der Waals surface area contributed by atoms with Gasteiger partial charge in [-0.2, -0.15) is 0 Å². The van der Waals surface area contributed by atoms with Gasteiger partial charge in [0.2, 0.25) is 11.8 Å². The molecule has 0 radical (unpaired) electrons. The van der Waals surface area contributed by atoms with Crippen molar-refractivity contribution < 1.29 is 33.7 Å². The lowest BCUT2D eigenvalue weighted by molar-refractivity contribution is -0.134. The number of hydrogen-bond acceptors (Lipinski definition) is 13. The number of rotatable bonds is 8. The molecule has 1 aliphatic carbocycles. The Labute approximate surface area is 373 Å². The molecule has 64 heavy (non-hydrogen) atoms. The number of fused-ring (bicyclic) bond motifs is 3. The number of phenolic OH excluding ortho intramolecular Hbond substituents is 1. The third-order valence-electron chi connectivity index (χ3n) is 14.2. The second-order valence-electron chi connectivity index (χ2n) is 18.1. The van der Waals surface area contributed by atoms with Gasteiger partial charge in [-0.3, -0.25) is 14.9 Å². The van der Waals surface area contributed by atoms with Crippen molar-refractivity contribution in [2.24, 2.45) is 0 Å². The van der Waals surface area contributed by atoms with Crippen molar-refractivity contribution >= 4 is 40.7 Å². The normalized spacial score (nSPS) is 25.0. The molecule has 3 atom stereocenters. The topological polar surface area (TPSA) is 179 Å². The lowest BCUT2D eigenvalue weighted by Crippen LogP contribution is -2.65. The summed E-state index contributed by atoms with van der Waals surface area (Å²) >= 11 is 0. The van der Waals surface area contributed by atoms with Crippen LogP contribution in [0.15, 0.2) is 72.8 Å². The van der Waals surface area contributed by atoms with E-state index >= 15 is 0 Å². The molecule has 4 saturated heterocycles. The number of ether oxygens (including phenoxy) is 3. The van der Waals surface area contributed by atoms with Gasteiger partial charge in [-0.25, -0.2) is 4.79 Å². The molecule has 5 aliphatic heterocycles. The summed E-state index contributed by atoms with van der Waals surface area (Å²) in [6.07, 6.45) is 6.06.